The first-order valence-electron chi connectivity index (χ1n) is 5.73. The van der Waals surface area contributed by atoms with Gasteiger partial charge in [0, 0.05) is 0 Å². The first kappa shape index (κ1) is 13.2. The maximum atomic E-state index is 11.1. The molecule has 0 bridgehead atoms. The van der Waals surface area contributed by atoms with Crippen molar-refractivity contribution in [3.8, 4) is 0 Å². The quantitative estimate of drug-likeness (QED) is 0.643. The minimum atomic E-state index is -0.523. The summed E-state index contributed by atoms with van der Waals surface area (Å²) in [5, 5.41) is 4.05. The van der Waals surface area contributed by atoms with Crippen LogP contribution < -0.4 is 5.43 Å². The molecule has 17 heavy (non-hydrogen) atoms. The summed E-state index contributed by atoms with van der Waals surface area (Å²) in [4.78, 5) is 11.1. The molecule has 0 heterocycles. The second-order valence-electron chi connectivity index (χ2n) is 3.61. The van der Waals surface area contributed by atoms with Crippen molar-refractivity contribution in [3.05, 3.63) is 35.4 Å². The van der Waals surface area contributed by atoms with E-state index in [1.54, 1.807) is 6.92 Å². The monoisotopic (exact) mass is 234 g/mol. The smallest absolute Gasteiger partial charge is 0.427 e. The predicted molar refractivity (Wildman–Crippen MR) is 68.2 cm³/mol. The Hall–Kier alpha value is -1.84. The summed E-state index contributed by atoms with van der Waals surface area (Å²) in [7, 11) is 0. The van der Waals surface area contributed by atoms with E-state index in [2.05, 4.69) is 10.5 Å². The van der Waals surface area contributed by atoms with Gasteiger partial charge in [0.25, 0.3) is 0 Å². The third-order valence-electron chi connectivity index (χ3n) is 2.28. The van der Waals surface area contributed by atoms with Gasteiger partial charge in [-0.15, -0.1) is 0 Å². The number of hydrazone groups is 1. The van der Waals surface area contributed by atoms with E-state index in [-0.39, 0.29) is 0 Å². The van der Waals surface area contributed by atoms with Crippen LogP contribution in [-0.4, -0.2) is 18.4 Å². The van der Waals surface area contributed by atoms with Crippen LogP contribution in [0.1, 0.15) is 31.4 Å². The molecule has 0 unspecified atom stereocenters. The molecule has 1 rings (SSSR count). The van der Waals surface area contributed by atoms with Crippen LogP contribution >= 0.6 is 0 Å². The largest absolute Gasteiger partial charge is 0.449 e. The fraction of sp³-hybridized carbons (Fsp3) is 0.385. The lowest BCUT2D eigenvalue weighted by Crippen LogP contribution is -2.20. The van der Waals surface area contributed by atoms with Crippen molar-refractivity contribution in [1.82, 2.24) is 5.43 Å². The highest BCUT2D eigenvalue weighted by atomic mass is 16.5. The van der Waals surface area contributed by atoms with Crippen molar-refractivity contribution in [3.63, 3.8) is 0 Å². The topological polar surface area (TPSA) is 50.7 Å². The molecule has 0 saturated heterocycles. The van der Waals surface area contributed by atoms with Crippen LogP contribution in [0.25, 0.3) is 0 Å². The fourth-order valence-electron chi connectivity index (χ4n) is 1.37. The Kier molecular flexibility index (Phi) is 5.20. The zero-order valence-corrected chi connectivity index (χ0v) is 10.5. The molecule has 1 amide bonds. The molecule has 1 N–H and O–H groups in total. The van der Waals surface area contributed by atoms with Gasteiger partial charge in [0.15, 0.2) is 0 Å². The van der Waals surface area contributed by atoms with Gasteiger partial charge < -0.3 is 4.74 Å². The van der Waals surface area contributed by atoms with Crippen molar-refractivity contribution >= 4 is 11.8 Å². The van der Waals surface area contributed by atoms with Gasteiger partial charge in [-0.3, -0.25) is 0 Å². The van der Waals surface area contributed by atoms with Gasteiger partial charge in [0.1, 0.15) is 0 Å². The van der Waals surface area contributed by atoms with Gasteiger partial charge in [-0.1, -0.05) is 36.8 Å². The van der Waals surface area contributed by atoms with Gasteiger partial charge in [-0.05, 0) is 25.8 Å². The lowest BCUT2D eigenvalue weighted by atomic mass is 10.1. The van der Waals surface area contributed by atoms with Crippen molar-refractivity contribution in [2.24, 2.45) is 5.10 Å². The van der Waals surface area contributed by atoms with Gasteiger partial charge in [0.05, 0.1) is 12.3 Å². The minimum Gasteiger partial charge on any atom is -0.449 e. The Morgan fingerprint density at radius 2 is 1.94 bits per heavy atom. The van der Waals surface area contributed by atoms with Crippen LogP contribution in [0.2, 0.25) is 0 Å². The molecule has 0 spiro atoms. The third kappa shape index (κ3) is 4.26. The average molecular weight is 234 g/mol. The molecule has 4 nitrogen and oxygen atoms in total. The molecule has 1 aromatic carbocycles. The zero-order valence-electron chi connectivity index (χ0n) is 10.5. The van der Waals surface area contributed by atoms with E-state index < -0.39 is 6.09 Å². The number of amides is 1. The number of nitrogens with one attached hydrogen (secondary N) is 1. The summed E-state index contributed by atoms with van der Waals surface area (Å²) in [6.07, 6.45) is 0.223. The van der Waals surface area contributed by atoms with Crippen molar-refractivity contribution < 1.29 is 9.53 Å². The number of carbonyl (C=O) groups is 1. The fourth-order valence-corrected chi connectivity index (χ4v) is 1.37. The summed E-state index contributed by atoms with van der Waals surface area (Å²) >= 11 is 0. The Morgan fingerprint density at radius 3 is 2.47 bits per heavy atom. The summed E-state index contributed by atoms with van der Waals surface area (Å²) in [5.74, 6) is 0. The lowest BCUT2D eigenvalue weighted by Gasteiger charge is -2.05. The van der Waals surface area contributed by atoms with E-state index in [0.717, 1.165) is 17.7 Å². The Morgan fingerprint density at radius 1 is 1.29 bits per heavy atom. The Labute approximate surface area is 102 Å². The number of benzene rings is 1. The number of hydrogen-bond donors (Lipinski definition) is 1. The van der Waals surface area contributed by atoms with Crippen molar-refractivity contribution in [2.75, 3.05) is 6.61 Å². The maximum absolute atomic E-state index is 11.1. The van der Waals surface area contributed by atoms with E-state index in [9.17, 15) is 4.79 Å². The van der Waals surface area contributed by atoms with E-state index in [1.807, 2.05) is 38.1 Å². The summed E-state index contributed by atoms with van der Waals surface area (Å²) < 4.78 is 4.73. The summed E-state index contributed by atoms with van der Waals surface area (Å²) in [5.41, 5.74) is 5.41. The molecule has 0 aromatic heterocycles. The molecule has 0 saturated carbocycles. The second kappa shape index (κ2) is 6.68. The second-order valence-corrected chi connectivity index (χ2v) is 3.61. The number of carbonyl (C=O) groups excluding carboxylic acids is 1. The van der Waals surface area contributed by atoms with E-state index in [4.69, 9.17) is 4.74 Å². The van der Waals surface area contributed by atoms with Crippen LogP contribution in [0.4, 0.5) is 4.79 Å². The molecular formula is C13H18N2O2. The molecule has 0 atom stereocenters. The van der Waals surface area contributed by atoms with Crippen LogP contribution in [0.3, 0.4) is 0 Å². The third-order valence-corrected chi connectivity index (χ3v) is 2.28. The predicted octanol–water partition coefficient (Wildman–Crippen LogP) is 2.86. The average Bonchev–Trinajstić information content (AvgIpc) is 2.32. The molecule has 4 heteroatoms. The molecule has 0 fully saturated rings. The highest BCUT2D eigenvalue weighted by Crippen LogP contribution is 2.06. The molecule has 0 aliphatic rings. The van der Waals surface area contributed by atoms with Gasteiger partial charge in [-0.25, -0.2) is 10.2 Å². The lowest BCUT2D eigenvalue weighted by molar-refractivity contribution is 0.152. The van der Waals surface area contributed by atoms with Crippen molar-refractivity contribution in [2.45, 2.75) is 27.2 Å². The van der Waals surface area contributed by atoms with Gasteiger partial charge in [0.2, 0.25) is 0 Å². The van der Waals surface area contributed by atoms with E-state index >= 15 is 0 Å². The highest BCUT2D eigenvalue weighted by molar-refractivity contribution is 6.00. The molecule has 92 valence electrons. The number of aryl methyl sites for hydroxylation is 1. The normalized spacial score (nSPS) is 11.1. The molecular weight excluding hydrogens is 216 g/mol. The maximum Gasteiger partial charge on any atom is 0.427 e. The van der Waals surface area contributed by atoms with Crippen LogP contribution in [0.5, 0.6) is 0 Å². The number of hydrogen-bond acceptors (Lipinski definition) is 3. The van der Waals surface area contributed by atoms with Gasteiger partial charge >= 0.3 is 6.09 Å². The minimum absolute atomic E-state index is 0.341. The zero-order chi connectivity index (χ0) is 12.7. The Bertz CT molecular complexity index is 396. The molecule has 0 aliphatic carbocycles. The first-order valence-corrected chi connectivity index (χ1v) is 5.73. The molecule has 0 radical (unpaired) electrons. The van der Waals surface area contributed by atoms with Crippen LogP contribution in [-0.2, 0) is 4.74 Å². The van der Waals surface area contributed by atoms with Crippen LogP contribution in [0, 0.1) is 6.92 Å². The van der Waals surface area contributed by atoms with E-state index in [1.165, 1.54) is 5.56 Å². The number of nitrogens with zero attached hydrogens (tertiary/aromatic N) is 1. The molecule has 0 aliphatic heterocycles. The van der Waals surface area contributed by atoms with Crippen LogP contribution in [0.15, 0.2) is 29.4 Å². The van der Waals surface area contributed by atoms with Gasteiger partial charge in [-0.2, -0.15) is 5.10 Å². The SMILES string of the molecule is CCOC(=O)NN=C(CC)c1ccc(C)cc1. The van der Waals surface area contributed by atoms with Crippen molar-refractivity contribution in [1.29, 1.82) is 0 Å². The first-order chi connectivity index (χ1) is 8.17. The number of rotatable bonds is 4. The Balaban J connectivity index is 2.73. The summed E-state index contributed by atoms with van der Waals surface area (Å²) in [6.45, 7) is 6.12. The standard InChI is InChI=1S/C13H18N2O2/c1-4-12(14-15-13(16)17-5-2)11-8-6-10(3)7-9-11/h6-9H,4-5H2,1-3H3,(H,15,16). The van der Waals surface area contributed by atoms with E-state index in [0.29, 0.717) is 6.61 Å². The highest BCUT2D eigenvalue weighted by Gasteiger charge is 2.03. The number of ether oxygens (including phenoxy) is 1. The summed E-state index contributed by atoms with van der Waals surface area (Å²) in [6, 6.07) is 8.02. The molecule has 1 aromatic rings.